The molecule has 2 fully saturated rings. The molecule has 1 aliphatic carbocycles. The van der Waals surface area contributed by atoms with Gasteiger partial charge in [-0.15, -0.1) is 0 Å². The van der Waals surface area contributed by atoms with E-state index >= 15 is 0 Å². The lowest BCUT2D eigenvalue weighted by Gasteiger charge is -2.28. The first-order valence-electron chi connectivity index (χ1n) is 9.20. The monoisotopic (exact) mass is 324 g/mol. The van der Waals surface area contributed by atoms with Crippen molar-refractivity contribution in [3.63, 3.8) is 0 Å². The molecular weight excluding hydrogens is 292 g/mol. The fourth-order valence-electron chi connectivity index (χ4n) is 3.50. The summed E-state index contributed by atoms with van der Waals surface area (Å²) in [6.45, 7) is 3.66. The van der Waals surface area contributed by atoms with Crippen LogP contribution in [0.15, 0.2) is 0 Å². The van der Waals surface area contributed by atoms with Crippen molar-refractivity contribution in [1.82, 2.24) is 21.3 Å². The van der Waals surface area contributed by atoms with Crippen LogP contribution in [0.25, 0.3) is 0 Å². The van der Waals surface area contributed by atoms with Crippen molar-refractivity contribution in [2.24, 2.45) is 0 Å². The van der Waals surface area contributed by atoms with E-state index in [4.69, 9.17) is 0 Å². The van der Waals surface area contributed by atoms with Crippen LogP contribution in [0, 0.1) is 0 Å². The molecule has 2 aliphatic rings. The number of amides is 3. The van der Waals surface area contributed by atoms with E-state index in [0.717, 1.165) is 32.2 Å². The maximum Gasteiger partial charge on any atom is 0.315 e. The molecule has 0 aromatic carbocycles. The van der Waals surface area contributed by atoms with Gasteiger partial charge in [0.15, 0.2) is 0 Å². The first kappa shape index (κ1) is 18.0. The highest BCUT2D eigenvalue weighted by Crippen LogP contribution is 2.17. The molecule has 2 atom stereocenters. The van der Waals surface area contributed by atoms with Crippen LogP contribution in [0.3, 0.4) is 0 Å². The van der Waals surface area contributed by atoms with Gasteiger partial charge in [0, 0.05) is 31.1 Å². The predicted molar refractivity (Wildman–Crippen MR) is 91.3 cm³/mol. The van der Waals surface area contributed by atoms with Gasteiger partial charge in [-0.3, -0.25) is 4.79 Å². The molecule has 4 N–H and O–H groups in total. The lowest BCUT2D eigenvalue weighted by atomic mass is 9.96. The zero-order valence-corrected chi connectivity index (χ0v) is 14.3. The van der Waals surface area contributed by atoms with Crippen LogP contribution in [0.1, 0.15) is 64.7 Å². The molecule has 132 valence electrons. The smallest absolute Gasteiger partial charge is 0.315 e. The van der Waals surface area contributed by atoms with Crippen LogP contribution in [-0.4, -0.2) is 43.2 Å². The van der Waals surface area contributed by atoms with Crippen molar-refractivity contribution in [2.45, 2.75) is 82.8 Å². The average molecular weight is 324 g/mol. The molecule has 2 rings (SSSR count). The Bertz CT molecular complexity index is 383. The van der Waals surface area contributed by atoms with Crippen LogP contribution in [0.4, 0.5) is 4.79 Å². The van der Waals surface area contributed by atoms with Gasteiger partial charge in [0.05, 0.1) is 0 Å². The number of piperidine rings is 1. The Morgan fingerprint density at radius 1 is 1.04 bits per heavy atom. The predicted octanol–water partition coefficient (Wildman–Crippen LogP) is 1.66. The maximum absolute atomic E-state index is 11.9. The molecule has 1 saturated heterocycles. The van der Waals surface area contributed by atoms with E-state index in [-0.39, 0.29) is 11.9 Å². The largest absolute Gasteiger partial charge is 0.353 e. The van der Waals surface area contributed by atoms with E-state index < -0.39 is 0 Å². The van der Waals surface area contributed by atoms with Gasteiger partial charge >= 0.3 is 6.03 Å². The third-order valence-corrected chi connectivity index (χ3v) is 4.80. The summed E-state index contributed by atoms with van der Waals surface area (Å²) in [7, 11) is 0. The topological polar surface area (TPSA) is 82.3 Å². The highest BCUT2D eigenvalue weighted by atomic mass is 16.2. The number of nitrogens with one attached hydrogen (secondary N) is 4. The van der Waals surface area contributed by atoms with E-state index in [1.807, 2.05) is 0 Å². The third-order valence-electron chi connectivity index (χ3n) is 4.80. The Balaban J connectivity index is 1.50. The minimum Gasteiger partial charge on any atom is -0.353 e. The molecule has 6 heteroatoms. The van der Waals surface area contributed by atoms with Crippen LogP contribution in [0.5, 0.6) is 0 Å². The SMILES string of the molecule is CC1CC(NC(=O)CCCNC(=O)NC2CCCCC2)CCN1. The van der Waals surface area contributed by atoms with E-state index in [2.05, 4.69) is 28.2 Å². The second-order valence-electron chi connectivity index (χ2n) is 6.98. The van der Waals surface area contributed by atoms with Crippen molar-refractivity contribution in [3.8, 4) is 0 Å². The van der Waals surface area contributed by atoms with E-state index in [0.29, 0.717) is 37.5 Å². The van der Waals surface area contributed by atoms with E-state index in [1.54, 1.807) is 0 Å². The molecule has 23 heavy (non-hydrogen) atoms. The molecule has 1 saturated carbocycles. The molecule has 0 bridgehead atoms. The van der Waals surface area contributed by atoms with Gasteiger partial charge in [-0.05, 0) is 45.6 Å². The standard InChI is InChI=1S/C17H32N4O2/c1-13-12-15(9-11-18-13)20-16(22)8-5-10-19-17(23)21-14-6-3-2-4-7-14/h13-15,18H,2-12H2,1H3,(H,20,22)(H2,19,21,23). The molecular formula is C17H32N4O2. The van der Waals surface area contributed by atoms with Crippen molar-refractivity contribution >= 4 is 11.9 Å². The zero-order chi connectivity index (χ0) is 16.5. The zero-order valence-electron chi connectivity index (χ0n) is 14.3. The van der Waals surface area contributed by atoms with Gasteiger partial charge in [-0.25, -0.2) is 4.79 Å². The lowest BCUT2D eigenvalue weighted by molar-refractivity contribution is -0.122. The van der Waals surface area contributed by atoms with Gasteiger partial charge in [0.2, 0.25) is 5.91 Å². The van der Waals surface area contributed by atoms with Crippen molar-refractivity contribution in [2.75, 3.05) is 13.1 Å². The minimum absolute atomic E-state index is 0.0931. The van der Waals surface area contributed by atoms with Gasteiger partial charge in [0.1, 0.15) is 0 Å². The van der Waals surface area contributed by atoms with Gasteiger partial charge in [0.25, 0.3) is 0 Å². The number of rotatable bonds is 6. The van der Waals surface area contributed by atoms with E-state index in [1.165, 1.54) is 19.3 Å². The highest BCUT2D eigenvalue weighted by molar-refractivity contribution is 5.76. The van der Waals surface area contributed by atoms with Gasteiger partial charge in [-0.1, -0.05) is 19.3 Å². The van der Waals surface area contributed by atoms with Gasteiger partial charge < -0.3 is 21.3 Å². The Morgan fingerprint density at radius 3 is 2.57 bits per heavy atom. The number of hydrogen-bond acceptors (Lipinski definition) is 3. The molecule has 0 radical (unpaired) electrons. The molecule has 6 nitrogen and oxygen atoms in total. The summed E-state index contributed by atoms with van der Waals surface area (Å²) in [6, 6.07) is 0.999. The molecule has 1 aliphatic heterocycles. The van der Waals surface area contributed by atoms with Crippen LogP contribution in [0.2, 0.25) is 0 Å². The molecule has 1 heterocycles. The fraction of sp³-hybridized carbons (Fsp3) is 0.882. The quantitative estimate of drug-likeness (QED) is 0.561. The van der Waals surface area contributed by atoms with Crippen LogP contribution in [-0.2, 0) is 4.79 Å². The maximum atomic E-state index is 11.9. The normalized spacial score (nSPS) is 25.6. The summed E-state index contributed by atoms with van der Waals surface area (Å²) in [5.41, 5.74) is 0. The number of hydrogen-bond donors (Lipinski definition) is 4. The second-order valence-corrected chi connectivity index (χ2v) is 6.98. The molecule has 0 spiro atoms. The third kappa shape index (κ3) is 7.20. The Hall–Kier alpha value is -1.30. The minimum atomic E-state index is -0.0931. The van der Waals surface area contributed by atoms with Crippen molar-refractivity contribution in [3.05, 3.63) is 0 Å². The van der Waals surface area contributed by atoms with E-state index in [9.17, 15) is 9.59 Å². The second kappa shape index (κ2) is 9.75. The summed E-state index contributed by atoms with van der Waals surface area (Å²) < 4.78 is 0. The number of urea groups is 1. The summed E-state index contributed by atoms with van der Waals surface area (Å²) in [5.74, 6) is 0.0959. The summed E-state index contributed by atoms with van der Waals surface area (Å²) in [6.07, 6.45) is 9.03. The Morgan fingerprint density at radius 2 is 1.83 bits per heavy atom. The Labute approximate surface area is 139 Å². The Kier molecular flexibility index (Phi) is 7.65. The number of carbonyl (C=O) groups is 2. The number of carbonyl (C=O) groups excluding carboxylic acids is 2. The first-order chi connectivity index (χ1) is 11.1. The van der Waals surface area contributed by atoms with Gasteiger partial charge in [-0.2, -0.15) is 0 Å². The summed E-state index contributed by atoms with van der Waals surface area (Å²) >= 11 is 0. The first-order valence-corrected chi connectivity index (χ1v) is 9.20. The highest BCUT2D eigenvalue weighted by Gasteiger charge is 2.19. The summed E-state index contributed by atoms with van der Waals surface area (Å²) in [5, 5.41) is 12.3. The van der Waals surface area contributed by atoms with Crippen LogP contribution < -0.4 is 21.3 Å². The average Bonchev–Trinajstić information content (AvgIpc) is 2.52. The molecule has 2 unspecified atom stereocenters. The molecule has 0 aromatic rings. The lowest BCUT2D eigenvalue weighted by Crippen LogP contribution is -2.46. The van der Waals surface area contributed by atoms with Crippen molar-refractivity contribution < 1.29 is 9.59 Å². The molecule has 0 aromatic heterocycles. The molecule has 3 amide bonds. The summed E-state index contributed by atoms with van der Waals surface area (Å²) in [4.78, 5) is 23.7. The van der Waals surface area contributed by atoms with Crippen LogP contribution >= 0.6 is 0 Å². The van der Waals surface area contributed by atoms with Crippen molar-refractivity contribution in [1.29, 1.82) is 0 Å². The fourth-order valence-corrected chi connectivity index (χ4v) is 3.50.